The Morgan fingerprint density at radius 1 is 1.50 bits per heavy atom. The van der Waals surface area contributed by atoms with Gasteiger partial charge in [0.25, 0.3) is 5.91 Å². The molecule has 2 aliphatic rings. The molecule has 5 heteroatoms. The third-order valence-electron chi connectivity index (χ3n) is 4.02. The molecule has 20 heavy (non-hydrogen) atoms. The highest BCUT2D eigenvalue weighted by molar-refractivity contribution is 5.99. The van der Waals surface area contributed by atoms with Crippen LogP contribution in [-0.2, 0) is 10.2 Å². The van der Waals surface area contributed by atoms with Gasteiger partial charge in [0.2, 0.25) is 0 Å². The van der Waals surface area contributed by atoms with Crippen molar-refractivity contribution in [1.82, 2.24) is 4.90 Å². The molecule has 0 aromatic heterocycles. The lowest BCUT2D eigenvalue weighted by Crippen LogP contribution is -2.46. The summed E-state index contributed by atoms with van der Waals surface area (Å²) in [6, 6.07) is 2.90. The second-order valence-corrected chi connectivity index (χ2v) is 5.33. The van der Waals surface area contributed by atoms with Crippen LogP contribution in [0.25, 0.3) is 0 Å². The van der Waals surface area contributed by atoms with Gasteiger partial charge in [0, 0.05) is 23.1 Å². The van der Waals surface area contributed by atoms with Gasteiger partial charge >= 0.3 is 5.97 Å². The van der Waals surface area contributed by atoms with E-state index in [0.717, 1.165) is 12.8 Å². The molecule has 3 rings (SSSR count). The summed E-state index contributed by atoms with van der Waals surface area (Å²) < 4.78 is 14.4. The van der Waals surface area contributed by atoms with Crippen LogP contribution in [0.1, 0.15) is 34.3 Å². The quantitative estimate of drug-likeness (QED) is 0.828. The average Bonchev–Trinajstić information content (AvgIpc) is 3.15. The Kier molecular flexibility index (Phi) is 2.58. The zero-order valence-corrected chi connectivity index (χ0v) is 10.6. The van der Waals surface area contributed by atoms with Gasteiger partial charge in [-0.3, -0.25) is 9.59 Å². The summed E-state index contributed by atoms with van der Waals surface area (Å²) in [6.07, 6.45) is 6.75. The number of amides is 1. The molecule has 0 saturated heterocycles. The number of carbonyl (C=O) groups excluding carboxylic acids is 1. The molecule has 1 aromatic carbocycles. The lowest BCUT2D eigenvalue weighted by molar-refractivity contribution is -0.137. The molecule has 0 unspecified atom stereocenters. The van der Waals surface area contributed by atoms with Gasteiger partial charge in [-0.25, -0.2) is 4.39 Å². The fraction of sp³-hybridized carbons (Fsp3) is 0.333. The molecule has 1 aromatic rings. The van der Waals surface area contributed by atoms with Crippen molar-refractivity contribution in [2.45, 2.75) is 18.3 Å². The van der Waals surface area contributed by atoms with Crippen LogP contribution in [0.4, 0.5) is 4.39 Å². The number of fused-ring (bicyclic) bond motifs is 2. The number of carboxylic acids is 1. The van der Waals surface area contributed by atoms with Gasteiger partial charge in [0.1, 0.15) is 12.4 Å². The number of hydrogen-bond acceptors (Lipinski definition) is 2. The number of halogens is 1. The number of terminal acetylenes is 1. The van der Waals surface area contributed by atoms with E-state index in [-0.39, 0.29) is 24.2 Å². The average molecular weight is 273 g/mol. The Morgan fingerprint density at radius 2 is 2.20 bits per heavy atom. The van der Waals surface area contributed by atoms with Gasteiger partial charge in [-0.2, -0.15) is 0 Å². The smallest absolute Gasteiger partial charge is 0.323 e. The fourth-order valence-electron chi connectivity index (χ4n) is 2.92. The van der Waals surface area contributed by atoms with Crippen LogP contribution in [-0.4, -0.2) is 35.0 Å². The summed E-state index contributed by atoms with van der Waals surface area (Å²) in [5, 5.41) is 8.86. The SMILES string of the molecule is C#Cc1ccc2c(c1F)C1(CC1)CN(CC(=O)O)C2=O. The number of carboxylic acid groups (broad SMARTS) is 1. The molecule has 1 spiro atoms. The standard InChI is InChI=1S/C15H12FNO3/c1-2-9-3-4-10-12(13(9)16)15(5-6-15)8-17(14(10)20)7-11(18)19/h1,3-4H,5-8H2,(H,18,19). The van der Waals surface area contributed by atoms with Crippen LogP contribution >= 0.6 is 0 Å². The minimum Gasteiger partial charge on any atom is -0.480 e. The summed E-state index contributed by atoms with van der Waals surface area (Å²) in [4.78, 5) is 24.4. The highest BCUT2D eigenvalue weighted by Crippen LogP contribution is 2.53. The van der Waals surface area contributed by atoms with E-state index in [1.807, 2.05) is 0 Å². The first-order valence-electron chi connectivity index (χ1n) is 6.29. The molecule has 1 N–H and O–H groups in total. The van der Waals surface area contributed by atoms with Gasteiger partial charge in [0.05, 0.1) is 5.56 Å². The van der Waals surface area contributed by atoms with E-state index in [1.165, 1.54) is 17.0 Å². The third-order valence-corrected chi connectivity index (χ3v) is 4.02. The summed E-state index contributed by atoms with van der Waals surface area (Å²) in [7, 11) is 0. The van der Waals surface area contributed by atoms with Crippen LogP contribution in [0.2, 0.25) is 0 Å². The molecule has 1 fully saturated rings. The van der Waals surface area contributed by atoms with Crippen LogP contribution in [0.3, 0.4) is 0 Å². The van der Waals surface area contributed by atoms with Crippen LogP contribution in [0.15, 0.2) is 12.1 Å². The molecular formula is C15H12FNO3. The first kappa shape index (κ1) is 12.7. The molecular weight excluding hydrogens is 261 g/mol. The molecule has 0 atom stereocenters. The summed E-state index contributed by atoms with van der Waals surface area (Å²) >= 11 is 0. The van der Waals surface area contributed by atoms with Crippen molar-refractivity contribution in [3.05, 3.63) is 34.6 Å². The molecule has 1 amide bonds. The normalized spacial score (nSPS) is 18.6. The number of hydrogen-bond donors (Lipinski definition) is 1. The molecule has 0 bridgehead atoms. The topological polar surface area (TPSA) is 57.6 Å². The van der Waals surface area contributed by atoms with Gasteiger partial charge < -0.3 is 10.0 Å². The first-order chi connectivity index (χ1) is 9.48. The van der Waals surface area contributed by atoms with Crippen molar-refractivity contribution in [2.24, 2.45) is 0 Å². The van der Waals surface area contributed by atoms with E-state index < -0.39 is 23.1 Å². The molecule has 1 saturated carbocycles. The highest BCUT2D eigenvalue weighted by atomic mass is 19.1. The minimum atomic E-state index is -1.07. The molecule has 1 aliphatic carbocycles. The monoisotopic (exact) mass is 273 g/mol. The van der Waals surface area contributed by atoms with E-state index in [1.54, 1.807) is 0 Å². The lowest BCUT2D eigenvalue weighted by Gasteiger charge is -2.34. The first-order valence-corrected chi connectivity index (χ1v) is 6.29. The van der Waals surface area contributed by atoms with Gasteiger partial charge in [-0.05, 0) is 25.0 Å². The summed E-state index contributed by atoms with van der Waals surface area (Å²) in [6.45, 7) is -0.116. The van der Waals surface area contributed by atoms with Crippen LogP contribution in [0.5, 0.6) is 0 Å². The predicted octanol–water partition coefficient (Wildman–Crippen LogP) is 1.38. The maximum absolute atomic E-state index is 14.4. The second-order valence-electron chi connectivity index (χ2n) is 5.33. The summed E-state index contributed by atoms with van der Waals surface area (Å²) in [5.74, 6) is 0.253. The molecule has 1 aliphatic heterocycles. The largest absolute Gasteiger partial charge is 0.480 e. The Labute approximate surface area is 115 Å². The Hall–Kier alpha value is -2.35. The maximum atomic E-state index is 14.4. The minimum absolute atomic E-state index is 0.148. The number of rotatable bonds is 2. The number of aliphatic carboxylic acids is 1. The Bertz CT molecular complexity index is 670. The summed E-state index contributed by atoms with van der Waals surface area (Å²) in [5.41, 5.74) is 0.316. The second kappa shape index (κ2) is 4.07. The molecule has 102 valence electrons. The van der Waals surface area contributed by atoms with E-state index in [2.05, 4.69) is 5.92 Å². The van der Waals surface area contributed by atoms with E-state index in [4.69, 9.17) is 11.5 Å². The Balaban J connectivity index is 2.13. The third kappa shape index (κ3) is 1.68. The predicted molar refractivity (Wildman–Crippen MR) is 68.8 cm³/mol. The number of benzene rings is 1. The van der Waals surface area contributed by atoms with Gasteiger partial charge in [0.15, 0.2) is 0 Å². The maximum Gasteiger partial charge on any atom is 0.323 e. The van der Waals surface area contributed by atoms with E-state index in [0.29, 0.717) is 5.56 Å². The van der Waals surface area contributed by atoms with Crippen LogP contribution < -0.4 is 0 Å². The van der Waals surface area contributed by atoms with E-state index >= 15 is 0 Å². The van der Waals surface area contributed by atoms with E-state index in [9.17, 15) is 14.0 Å². The number of carbonyl (C=O) groups is 2. The van der Waals surface area contributed by atoms with Crippen molar-refractivity contribution in [3.8, 4) is 12.3 Å². The molecule has 4 nitrogen and oxygen atoms in total. The lowest BCUT2D eigenvalue weighted by atomic mass is 9.84. The van der Waals surface area contributed by atoms with Crippen LogP contribution in [0, 0.1) is 18.2 Å². The highest BCUT2D eigenvalue weighted by Gasteiger charge is 2.53. The molecule has 1 heterocycles. The van der Waals surface area contributed by atoms with Crippen molar-refractivity contribution >= 4 is 11.9 Å². The Morgan fingerprint density at radius 3 is 2.75 bits per heavy atom. The van der Waals surface area contributed by atoms with Crippen molar-refractivity contribution in [2.75, 3.05) is 13.1 Å². The van der Waals surface area contributed by atoms with Gasteiger partial charge in [-0.15, -0.1) is 6.42 Å². The van der Waals surface area contributed by atoms with Crippen molar-refractivity contribution in [3.63, 3.8) is 0 Å². The molecule has 0 radical (unpaired) electrons. The van der Waals surface area contributed by atoms with Crippen molar-refractivity contribution < 1.29 is 19.1 Å². The zero-order valence-electron chi connectivity index (χ0n) is 10.6. The van der Waals surface area contributed by atoms with Gasteiger partial charge in [-0.1, -0.05) is 5.92 Å². The number of nitrogens with zero attached hydrogens (tertiary/aromatic N) is 1. The van der Waals surface area contributed by atoms with Crippen molar-refractivity contribution in [1.29, 1.82) is 0 Å². The fourth-order valence-corrected chi connectivity index (χ4v) is 2.92. The zero-order chi connectivity index (χ0) is 14.5.